The van der Waals surface area contributed by atoms with E-state index >= 15 is 0 Å². The molecule has 0 atom stereocenters. The molecule has 0 fully saturated rings. The first-order valence-electron chi connectivity index (χ1n) is 3.30. The lowest BCUT2D eigenvalue weighted by molar-refractivity contribution is 0.321. The first-order chi connectivity index (χ1) is 5.66. The second-order valence-corrected chi connectivity index (χ2v) is 3.52. The van der Waals surface area contributed by atoms with E-state index in [1.807, 2.05) is 19.1 Å². The summed E-state index contributed by atoms with van der Waals surface area (Å²) in [7, 11) is 0. The SMILES string of the molecule is Cc1c(Br)cccc1C(Cl)=NO. The van der Waals surface area contributed by atoms with Crippen LogP contribution in [0.5, 0.6) is 0 Å². The van der Waals surface area contributed by atoms with Crippen molar-refractivity contribution in [3.05, 3.63) is 33.8 Å². The van der Waals surface area contributed by atoms with E-state index in [1.165, 1.54) is 0 Å². The van der Waals surface area contributed by atoms with Gasteiger partial charge in [-0.15, -0.1) is 0 Å². The van der Waals surface area contributed by atoms with Gasteiger partial charge in [-0.2, -0.15) is 0 Å². The van der Waals surface area contributed by atoms with Crippen molar-refractivity contribution in [2.24, 2.45) is 5.16 Å². The van der Waals surface area contributed by atoms with Gasteiger partial charge in [-0.05, 0) is 18.6 Å². The lowest BCUT2D eigenvalue weighted by atomic mass is 10.1. The van der Waals surface area contributed by atoms with Crippen LogP contribution in [0.3, 0.4) is 0 Å². The van der Waals surface area contributed by atoms with Gasteiger partial charge in [-0.25, -0.2) is 0 Å². The fourth-order valence-corrected chi connectivity index (χ4v) is 1.46. The Balaban J connectivity index is 3.26. The maximum Gasteiger partial charge on any atom is 0.175 e. The highest BCUT2D eigenvalue weighted by molar-refractivity contribution is 9.10. The highest BCUT2D eigenvalue weighted by Crippen LogP contribution is 2.20. The summed E-state index contributed by atoms with van der Waals surface area (Å²) in [6, 6.07) is 5.53. The third-order valence-corrected chi connectivity index (χ3v) is 2.72. The van der Waals surface area contributed by atoms with Gasteiger partial charge < -0.3 is 5.21 Å². The van der Waals surface area contributed by atoms with E-state index in [4.69, 9.17) is 16.8 Å². The minimum absolute atomic E-state index is 0.105. The van der Waals surface area contributed by atoms with Crippen LogP contribution in [-0.4, -0.2) is 10.4 Å². The van der Waals surface area contributed by atoms with Crippen LogP contribution in [0.4, 0.5) is 0 Å². The van der Waals surface area contributed by atoms with Gasteiger partial charge in [0.05, 0.1) is 0 Å². The first-order valence-corrected chi connectivity index (χ1v) is 4.47. The summed E-state index contributed by atoms with van der Waals surface area (Å²) in [6.45, 7) is 1.90. The van der Waals surface area contributed by atoms with E-state index in [9.17, 15) is 0 Å². The van der Waals surface area contributed by atoms with Crippen molar-refractivity contribution >= 4 is 32.7 Å². The lowest BCUT2D eigenvalue weighted by Crippen LogP contribution is -1.95. The zero-order chi connectivity index (χ0) is 9.14. The standard InChI is InChI=1S/C8H7BrClNO/c1-5-6(8(10)11-12)3-2-4-7(5)9/h2-4,12H,1H3. The Kier molecular flexibility index (Phi) is 3.12. The van der Waals surface area contributed by atoms with Gasteiger partial charge in [0.15, 0.2) is 5.17 Å². The zero-order valence-corrected chi connectivity index (χ0v) is 8.72. The second kappa shape index (κ2) is 3.92. The maximum absolute atomic E-state index is 8.44. The summed E-state index contributed by atoms with van der Waals surface area (Å²) in [5.41, 5.74) is 1.69. The Labute approximate surface area is 84.0 Å². The van der Waals surface area contributed by atoms with Gasteiger partial charge in [-0.3, -0.25) is 0 Å². The predicted octanol–water partition coefficient (Wildman–Crippen LogP) is 3.13. The third-order valence-electron chi connectivity index (χ3n) is 1.58. The Bertz CT molecular complexity index is 325. The van der Waals surface area contributed by atoms with Crippen LogP contribution in [0.1, 0.15) is 11.1 Å². The maximum atomic E-state index is 8.44. The van der Waals surface area contributed by atoms with Crippen LogP contribution in [0, 0.1) is 6.92 Å². The number of hydrogen-bond acceptors (Lipinski definition) is 2. The number of halogens is 2. The lowest BCUT2D eigenvalue weighted by Gasteiger charge is -2.03. The summed E-state index contributed by atoms with van der Waals surface area (Å²) in [4.78, 5) is 0. The molecule has 0 saturated carbocycles. The quantitative estimate of drug-likeness (QED) is 0.462. The topological polar surface area (TPSA) is 32.6 Å². The molecule has 0 saturated heterocycles. The molecule has 0 amide bonds. The van der Waals surface area contributed by atoms with Crippen molar-refractivity contribution in [2.75, 3.05) is 0 Å². The molecule has 1 rings (SSSR count). The molecule has 0 spiro atoms. The number of benzene rings is 1. The van der Waals surface area contributed by atoms with E-state index in [2.05, 4.69) is 21.1 Å². The molecule has 64 valence electrons. The minimum atomic E-state index is 0.105. The van der Waals surface area contributed by atoms with Gasteiger partial charge in [-0.1, -0.05) is 44.8 Å². The molecule has 12 heavy (non-hydrogen) atoms. The predicted molar refractivity (Wildman–Crippen MR) is 53.1 cm³/mol. The van der Waals surface area contributed by atoms with Crippen LogP contribution in [0.15, 0.2) is 27.8 Å². The second-order valence-electron chi connectivity index (χ2n) is 2.30. The zero-order valence-electron chi connectivity index (χ0n) is 6.38. The van der Waals surface area contributed by atoms with Crippen molar-refractivity contribution in [3.8, 4) is 0 Å². The molecule has 0 heterocycles. The summed E-state index contributed by atoms with van der Waals surface area (Å²) < 4.78 is 0.946. The van der Waals surface area contributed by atoms with Crippen LogP contribution in [0.2, 0.25) is 0 Å². The number of hydrogen-bond donors (Lipinski definition) is 1. The van der Waals surface area contributed by atoms with Gasteiger partial charge in [0.2, 0.25) is 0 Å². The van der Waals surface area contributed by atoms with Crippen molar-refractivity contribution < 1.29 is 5.21 Å². The Morgan fingerprint density at radius 1 is 1.58 bits per heavy atom. The normalized spacial score (nSPS) is 11.8. The number of rotatable bonds is 1. The molecule has 0 bridgehead atoms. The summed E-state index contributed by atoms with van der Waals surface area (Å²) in [5.74, 6) is 0. The van der Waals surface area contributed by atoms with E-state index < -0.39 is 0 Å². The molecule has 2 nitrogen and oxygen atoms in total. The monoisotopic (exact) mass is 247 g/mol. The third kappa shape index (κ3) is 1.79. The van der Waals surface area contributed by atoms with Crippen molar-refractivity contribution in [1.82, 2.24) is 0 Å². The fraction of sp³-hybridized carbons (Fsp3) is 0.125. The average Bonchev–Trinajstić information content (AvgIpc) is 2.08. The fourth-order valence-electron chi connectivity index (χ4n) is 0.885. The van der Waals surface area contributed by atoms with Gasteiger partial charge in [0.1, 0.15) is 0 Å². The van der Waals surface area contributed by atoms with Gasteiger partial charge >= 0.3 is 0 Å². The smallest absolute Gasteiger partial charge is 0.175 e. The number of oxime groups is 1. The average molecular weight is 249 g/mol. The molecule has 1 N–H and O–H groups in total. The van der Waals surface area contributed by atoms with E-state index in [0.29, 0.717) is 0 Å². The molecular formula is C8H7BrClNO. The van der Waals surface area contributed by atoms with Crippen LogP contribution < -0.4 is 0 Å². The molecule has 0 aliphatic carbocycles. The van der Waals surface area contributed by atoms with Crippen LogP contribution >= 0.6 is 27.5 Å². The van der Waals surface area contributed by atoms with Gasteiger partial charge in [0, 0.05) is 10.0 Å². The van der Waals surface area contributed by atoms with Crippen molar-refractivity contribution in [3.63, 3.8) is 0 Å². The molecule has 1 aromatic carbocycles. The van der Waals surface area contributed by atoms with E-state index in [1.54, 1.807) is 6.07 Å². The Hall–Kier alpha value is -0.540. The molecule has 0 aliphatic rings. The molecular weight excluding hydrogens is 241 g/mol. The molecule has 0 radical (unpaired) electrons. The van der Waals surface area contributed by atoms with Crippen molar-refractivity contribution in [1.29, 1.82) is 0 Å². The van der Waals surface area contributed by atoms with E-state index in [0.717, 1.165) is 15.6 Å². The first kappa shape index (κ1) is 9.55. The van der Waals surface area contributed by atoms with E-state index in [-0.39, 0.29) is 5.17 Å². The highest BCUT2D eigenvalue weighted by Gasteiger charge is 2.05. The summed E-state index contributed by atoms with van der Waals surface area (Å²) >= 11 is 9.00. The number of nitrogens with zero attached hydrogens (tertiary/aromatic N) is 1. The summed E-state index contributed by atoms with van der Waals surface area (Å²) in [6.07, 6.45) is 0. The summed E-state index contributed by atoms with van der Waals surface area (Å²) in [5, 5.41) is 11.5. The highest BCUT2D eigenvalue weighted by atomic mass is 79.9. The van der Waals surface area contributed by atoms with Gasteiger partial charge in [0.25, 0.3) is 0 Å². The molecule has 0 aliphatic heterocycles. The van der Waals surface area contributed by atoms with Crippen LogP contribution in [-0.2, 0) is 0 Å². The minimum Gasteiger partial charge on any atom is -0.410 e. The largest absolute Gasteiger partial charge is 0.410 e. The molecule has 1 aromatic rings. The Morgan fingerprint density at radius 3 is 2.83 bits per heavy atom. The van der Waals surface area contributed by atoms with Crippen LogP contribution in [0.25, 0.3) is 0 Å². The Morgan fingerprint density at radius 2 is 2.25 bits per heavy atom. The molecule has 4 heteroatoms. The molecule has 0 aromatic heterocycles. The van der Waals surface area contributed by atoms with Crippen molar-refractivity contribution in [2.45, 2.75) is 6.92 Å². The molecule has 0 unspecified atom stereocenters.